The van der Waals surface area contributed by atoms with Gasteiger partial charge in [-0.25, -0.2) is 13.8 Å². The number of nitrogens with two attached hydrogens (primary N) is 1. The number of rotatable bonds is 3. The lowest BCUT2D eigenvalue weighted by atomic mass is 10.0. The Bertz CT molecular complexity index is 505. The van der Waals surface area contributed by atoms with Crippen LogP contribution in [0.4, 0.5) is 8.78 Å². The van der Waals surface area contributed by atoms with Crippen molar-refractivity contribution in [2.45, 2.75) is 19.4 Å². The summed E-state index contributed by atoms with van der Waals surface area (Å²) in [7, 11) is 0. The van der Waals surface area contributed by atoms with Gasteiger partial charge >= 0.3 is 0 Å². The Morgan fingerprint density at radius 2 is 2.00 bits per heavy atom. The normalized spacial score (nSPS) is 12.7. The maximum atomic E-state index is 13.4. The lowest BCUT2D eigenvalue weighted by Crippen LogP contribution is -2.13. The Kier molecular flexibility index (Phi) is 3.49. The average molecular weight is 254 g/mol. The molecule has 0 amide bonds. The third kappa shape index (κ3) is 2.68. The summed E-state index contributed by atoms with van der Waals surface area (Å²) in [5.74, 6) is -1.11. The summed E-state index contributed by atoms with van der Waals surface area (Å²) in [5.41, 5.74) is 5.95. The van der Waals surface area contributed by atoms with Crippen LogP contribution in [-0.4, -0.2) is 4.98 Å². The van der Waals surface area contributed by atoms with Crippen LogP contribution in [0.5, 0.6) is 0 Å². The van der Waals surface area contributed by atoms with Crippen molar-refractivity contribution in [2.24, 2.45) is 5.73 Å². The van der Waals surface area contributed by atoms with Crippen LogP contribution in [0.1, 0.15) is 21.5 Å². The summed E-state index contributed by atoms with van der Waals surface area (Å²) < 4.78 is 26.8. The number of aryl methyl sites for hydroxylation is 1. The van der Waals surface area contributed by atoms with E-state index >= 15 is 0 Å². The average Bonchev–Trinajstić information content (AvgIpc) is 2.70. The molecule has 90 valence electrons. The Hall–Kier alpha value is -1.33. The number of hydrogen-bond donors (Lipinski definition) is 1. The molecule has 2 rings (SSSR count). The highest BCUT2D eigenvalue weighted by Gasteiger charge is 2.15. The fraction of sp³-hybridized carbons (Fsp3) is 0.250. The second kappa shape index (κ2) is 4.89. The standard InChI is InChI=1S/C12H12F2N2S/c1-7-16-6-12(17-7)11(15)5-8-9(13)3-2-4-10(8)14/h2-4,6,11H,5,15H2,1H3. The minimum Gasteiger partial charge on any atom is -0.323 e. The quantitative estimate of drug-likeness (QED) is 0.914. The molecule has 2 N–H and O–H groups in total. The smallest absolute Gasteiger partial charge is 0.129 e. The molecular formula is C12H12F2N2S. The first kappa shape index (κ1) is 12.1. The predicted octanol–water partition coefficient (Wildman–Crippen LogP) is 2.97. The molecule has 5 heteroatoms. The topological polar surface area (TPSA) is 38.9 Å². The van der Waals surface area contributed by atoms with Gasteiger partial charge in [0, 0.05) is 22.7 Å². The molecule has 0 aliphatic heterocycles. The van der Waals surface area contributed by atoms with Gasteiger partial charge in [-0.15, -0.1) is 11.3 Å². The number of halogens is 2. The Morgan fingerprint density at radius 3 is 2.53 bits per heavy atom. The van der Waals surface area contributed by atoms with Crippen molar-refractivity contribution in [3.05, 3.63) is 51.5 Å². The molecule has 1 atom stereocenters. The molecule has 0 spiro atoms. The van der Waals surface area contributed by atoms with Gasteiger partial charge < -0.3 is 5.73 Å². The van der Waals surface area contributed by atoms with Crippen LogP contribution in [0.3, 0.4) is 0 Å². The van der Waals surface area contributed by atoms with Crippen molar-refractivity contribution in [1.29, 1.82) is 0 Å². The molecule has 1 heterocycles. The summed E-state index contributed by atoms with van der Waals surface area (Å²) in [4.78, 5) is 4.91. The second-order valence-corrected chi connectivity index (χ2v) is 5.06. The zero-order chi connectivity index (χ0) is 12.4. The zero-order valence-electron chi connectivity index (χ0n) is 9.28. The molecule has 1 aromatic carbocycles. The molecule has 0 bridgehead atoms. The van der Waals surface area contributed by atoms with Crippen LogP contribution in [0.15, 0.2) is 24.4 Å². The van der Waals surface area contributed by atoms with Crippen molar-refractivity contribution < 1.29 is 8.78 Å². The molecular weight excluding hydrogens is 242 g/mol. The van der Waals surface area contributed by atoms with Gasteiger partial charge in [0.2, 0.25) is 0 Å². The minimum atomic E-state index is -0.554. The van der Waals surface area contributed by atoms with E-state index in [9.17, 15) is 8.78 Å². The first-order valence-electron chi connectivity index (χ1n) is 5.18. The Balaban J connectivity index is 2.21. The van der Waals surface area contributed by atoms with Gasteiger partial charge in [-0.05, 0) is 25.5 Å². The van der Waals surface area contributed by atoms with Crippen molar-refractivity contribution in [1.82, 2.24) is 4.98 Å². The van der Waals surface area contributed by atoms with Gasteiger partial charge in [-0.3, -0.25) is 0 Å². The molecule has 2 aromatic rings. The lowest BCUT2D eigenvalue weighted by Gasteiger charge is -2.10. The van der Waals surface area contributed by atoms with E-state index in [1.165, 1.54) is 29.5 Å². The van der Waals surface area contributed by atoms with E-state index in [0.717, 1.165) is 9.88 Å². The molecule has 1 aromatic heterocycles. The van der Waals surface area contributed by atoms with Crippen molar-refractivity contribution >= 4 is 11.3 Å². The van der Waals surface area contributed by atoms with Crippen LogP contribution in [0.2, 0.25) is 0 Å². The fourth-order valence-electron chi connectivity index (χ4n) is 1.60. The fourth-order valence-corrected chi connectivity index (χ4v) is 2.38. The minimum absolute atomic E-state index is 0.0334. The lowest BCUT2D eigenvalue weighted by molar-refractivity contribution is 0.541. The van der Waals surface area contributed by atoms with Gasteiger partial charge in [-0.2, -0.15) is 0 Å². The van der Waals surface area contributed by atoms with Crippen LogP contribution in [-0.2, 0) is 6.42 Å². The monoisotopic (exact) mass is 254 g/mol. The summed E-state index contributed by atoms with van der Waals surface area (Å²) in [6, 6.07) is 3.40. The molecule has 0 saturated carbocycles. The molecule has 1 unspecified atom stereocenters. The number of aromatic nitrogens is 1. The van der Waals surface area contributed by atoms with E-state index in [0.29, 0.717) is 0 Å². The molecule has 2 nitrogen and oxygen atoms in total. The van der Waals surface area contributed by atoms with E-state index in [4.69, 9.17) is 5.73 Å². The van der Waals surface area contributed by atoms with Gasteiger partial charge in [0.1, 0.15) is 11.6 Å². The Morgan fingerprint density at radius 1 is 1.35 bits per heavy atom. The maximum Gasteiger partial charge on any atom is 0.129 e. The van der Waals surface area contributed by atoms with E-state index in [2.05, 4.69) is 4.98 Å². The number of thiazole rings is 1. The highest BCUT2D eigenvalue weighted by molar-refractivity contribution is 7.11. The number of benzene rings is 1. The predicted molar refractivity (Wildman–Crippen MR) is 63.8 cm³/mol. The first-order valence-corrected chi connectivity index (χ1v) is 6.00. The molecule has 0 fully saturated rings. The van der Waals surface area contributed by atoms with Crippen LogP contribution >= 0.6 is 11.3 Å². The maximum absolute atomic E-state index is 13.4. The summed E-state index contributed by atoms with van der Waals surface area (Å²) in [5, 5.41) is 0.893. The number of hydrogen-bond acceptors (Lipinski definition) is 3. The summed E-state index contributed by atoms with van der Waals surface area (Å²) in [6.07, 6.45) is 1.80. The summed E-state index contributed by atoms with van der Waals surface area (Å²) in [6.45, 7) is 1.87. The number of nitrogens with zero attached hydrogens (tertiary/aromatic N) is 1. The third-order valence-corrected chi connectivity index (χ3v) is 3.54. The molecule has 0 radical (unpaired) electrons. The van der Waals surface area contributed by atoms with Crippen molar-refractivity contribution in [3.8, 4) is 0 Å². The zero-order valence-corrected chi connectivity index (χ0v) is 10.1. The van der Waals surface area contributed by atoms with Crippen LogP contribution in [0.25, 0.3) is 0 Å². The van der Waals surface area contributed by atoms with Gasteiger partial charge in [0.25, 0.3) is 0 Å². The van der Waals surface area contributed by atoms with Gasteiger partial charge in [-0.1, -0.05) is 6.07 Å². The molecule has 0 aliphatic rings. The van der Waals surface area contributed by atoms with E-state index in [1.54, 1.807) is 6.20 Å². The largest absolute Gasteiger partial charge is 0.323 e. The van der Waals surface area contributed by atoms with Crippen molar-refractivity contribution in [3.63, 3.8) is 0 Å². The van der Waals surface area contributed by atoms with E-state index in [-0.39, 0.29) is 12.0 Å². The summed E-state index contributed by atoms with van der Waals surface area (Å²) >= 11 is 1.45. The Labute approximate surface area is 102 Å². The van der Waals surface area contributed by atoms with E-state index in [1.807, 2.05) is 6.92 Å². The highest BCUT2D eigenvalue weighted by Crippen LogP contribution is 2.24. The van der Waals surface area contributed by atoms with E-state index < -0.39 is 17.7 Å². The molecule has 0 saturated heterocycles. The van der Waals surface area contributed by atoms with Gasteiger partial charge in [0.15, 0.2) is 0 Å². The van der Waals surface area contributed by atoms with Crippen LogP contribution < -0.4 is 5.73 Å². The van der Waals surface area contributed by atoms with Crippen molar-refractivity contribution in [2.75, 3.05) is 0 Å². The van der Waals surface area contributed by atoms with Crippen LogP contribution in [0, 0.1) is 18.6 Å². The van der Waals surface area contributed by atoms with Gasteiger partial charge in [0.05, 0.1) is 5.01 Å². The second-order valence-electron chi connectivity index (χ2n) is 3.79. The SMILES string of the molecule is Cc1ncc(C(N)Cc2c(F)cccc2F)s1. The highest BCUT2D eigenvalue weighted by atomic mass is 32.1. The third-order valence-electron chi connectivity index (χ3n) is 2.49. The molecule has 0 aliphatic carbocycles. The molecule has 17 heavy (non-hydrogen) atoms. The first-order chi connectivity index (χ1) is 8.08.